The summed E-state index contributed by atoms with van der Waals surface area (Å²) in [6.45, 7) is 0.188. The number of hydrogen-bond acceptors (Lipinski definition) is 2. The Bertz CT molecular complexity index is 517. The highest BCUT2D eigenvalue weighted by Crippen LogP contribution is 2.70. The molecule has 3 aliphatic carbocycles. The van der Waals surface area contributed by atoms with Gasteiger partial charge in [0.25, 0.3) is 0 Å². The van der Waals surface area contributed by atoms with Gasteiger partial charge in [0, 0.05) is 13.0 Å². The van der Waals surface area contributed by atoms with Crippen LogP contribution < -0.4 is 10.6 Å². The molecule has 142 valence electrons. The van der Waals surface area contributed by atoms with Crippen molar-refractivity contribution in [2.45, 2.75) is 64.0 Å². The fourth-order valence-electron chi connectivity index (χ4n) is 4.94. The second-order valence-electron chi connectivity index (χ2n) is 8.05. The second-order valence-corrected chi connectivity index (χ2v) is 8.05. The van der Waals surface area contributed by atoms with Crippen molar-refractivity contribution in [3.63, 3.8) is 0 Å². The average Bonchev–Trinajstić information content (AvgIpc) is 2.53. The van der Waals surface area contributed by atoms with E-state index in [0.29, 0.717) is 18.8 Å². The van der Waals surface area contributed by atoms with Crippen molar-refractivity contribution in [2.24, 2.45) is 23.2 Å². The Labute approximate surface area is 146 Å². The predicted molar refractivity (Wildman–Crippen MR) is 86.5 cm³/mol. The molecule has 0 radical (unpaired) electrons. The SMILES string of the molecule is O=C(CNC(=O)CC1CCCCC1)NCC1CC2(C(F)(F)F)CCC12. The third-order valence-electron chi connectivity index (χ3n) is 6.58. The van der Waals surface area contributed by atoms with Crippen molar-refractivity contribution in [3.8, 4) is 0 Å². The van der Waals surface area contributed by atoms with E-state index in [1.54, 1.807) is 0 Å². The number of amides is 2. The van der Waals surface area contributed by atoms with Gasteiger partial charge in [-0.1, -0.05) is 19.3 Å². The maximum atomic E-state index is 13.0. The van der Waals surface area contributed by atoms with Crippen LogP contribution in [0.5, 0.6) is 0 Å². The van der Waals surface area contributed by atoms with Gasteiger partial charge in [-0.2, -0.15) is 13.2 Å². The quantitative estimate of drug-likeness (QED) is 0.764. The summed E-state index contributed by atoms with van der Waals surface area (Å²) in [7, 11) is 0. The highest BCUT2D eigenvalue weighted by molar-refractivity contribution is 5.84. The summed E-state index contributed by atoms with van der Waals surface area (Å²) in [5, 5.41) is 5.30. The minimum Gasteiger partial charge on any atom is -0.354 e. The van der Waals surface area contributed by atoms with Gasteiger partial charge in [-0.3, -0.25) is 9.59 Å². The zero-order chi connectivity index (χ0) is 18.1. The van der Waals surface area contributed by atoms with Crippen molar-refractivity contribution in [2.75, 3.05) is 13.1 Å². The maximum absolute atomic E-state index is 13.0. The molecule has 0 heterocycles. The summed E-state index contributed by atoms with van der Waals surface area (Å²) < 4.78 is 39.1. The minimum absolute atomic E-state index is 0.0859. The van der Waals surface area contributed by atoms with Gasteiger partial charge < -0.3 is 10.6 Å². The smallest absolute Gasteiger partial charge is 0.354 e. The first-order valence-corrected chi connectivity index (χ1v) is 9.42. The van der Waals surface area contributed by atoms with Crippen molar-refractivity contribution in [1.82, 2.24) is 10.6 Å². The van der Waals surface area contributed by atoms with Gasteiger partial charge in [0.1, 0.15) is 0 Å². The van der Waals surface area contributed by atoms with Gasteiger partial charge >= 0.3 is 6.18 Å². The molecule has 3 fully saturated rings. The summed E-state index contributed by atoms with van der Waals surface area (Å²) in [5.41, 5.74) is -1.48. The Morgan fingerprint density at radius 1 is 1.00 bits per heavy atom. The number of carbonyl (C=O) groups excluding carboxylic acids is 2. The van der Waals surface area contributed by atoms with E-state index in [-0.39, 0.29) is 49.6 Å². The van der Waals surface area contributed by atoms with Gasteiger partial charge in [-0.15, -0.1) is 0 Å². The van der Waals surface area contributed by atoms with Crippen LogP contribution in [-0.4, -0.2) is 31.1 Å². The molecule has 3 saturated carbocycles. The highest BCUT2D eigenvalue weighted by atomic mass is 19.4. The van der Waals surface area contributed by atoms with Crippen molar-refractivity contribution < 1.29 is 22.8 Å². The van der Waals surface area contributed by atoms with Gasteiger partial charge in [0.05, 0.1) is 12.0 Å². The van der Waals surface area contributed by atoms with Crippen molar-refractivity contribution in [1.29, 1.82) is 0 Å². The number of halogens is 3. The van der Waals surface area contributed by atoms with Crippen LogP contribution in [0.3, 0.4) is 0 Å². The molecule has 3 unspecified atom stereocenters. The Kier molecular flexibility index (Phi) is 5.30. The molecule has 0 aromatic rings. The fraction of sp³-hybridized carbons (Fsp3) is 0.889. The Hall–Kier alpha value is -1.27. The maximum Gasteiger partial charge on any atom is 0.394 e. The largest absolute Gasteiger partial charge is 0.394 e. The summed E-state index contributed by atoms with van der Waals surface area (Å²) in [6.07, 6.45) is 3.00. The lowest BCUT2D eigenvalue weighted by molar-refractivity contribution is -0.330. The lowest BCUT2D eigenvalue weighted by atomic mass is 9.42. The van der Waals surface area contributed by atoms with Crippen LogP contribution in [0, 0.1) is 23.2 Å². The number of hydrogen-bond donors (Lipinski definition) is 2. The monoisotopic (exact) mass is 360 g/mol. The van der Waals surface area contributed by atoms with Crippen molar-refractivity contribution in [3.05, 3.63) is 0 Å². The zero-order valence-corrected chi connectivity index (χ0v) is 14.5. The summed E-state index contributed by atoms with van der Waals surface area (Å²) in [4.78, 5) is 23.7. The van der Waals surface area contributed by atoms with E-state index in [9.17, 15) is 22.8 Å². The first-order chi connectivity index (χ1) is 11.8. The molecule has 0 aromatic heterocycles. The summed E-state index contributed by atoms with van der Waals surface area (Å²) in [5.74, 6) is -0.437. The van der Waals surface area contributed by atoms with Crippen LogP contribution >= 0.6 is 0 Å². The first-order valence-electron chi connectivity index (χ1n) is 9.42. The Morgan fingerprint density at radius 3 is 2.28 bits per heavy atom. The summed E-state index contributed by atoms with van der Waals surface area (Å²) in [6, 6.07) is 0. The molecule has 7 heteroatoms. The van der Waals surface area contributed by atoms with Gasteiger partial charge in [0.2, 0.25) is 11.8 Å². The number of carbonyl (C=O) groups is 2. The van der Waals surface area contributed by atoms with Crippen LogP contribution in [-0.2, 0) is 9.59 Å². The molecular weight excluding hydrogens is 333 g/mol. The van der Waals surface area contributed by atoms with E-state index in [2.05, 4.69) is 10.6 Å². The molecule has 2 N–H and O–H groups in total. The lowest BCUT2D eigenvalue weighted by Crippen LogP contribution is -2.65. The molecule has 0 saturated heterocycles. The highest BCUT2D eigenvalue weighted by Gasteiger charge is 2.72. The van der Waals surface area contributed by atoms with E-state index in [1.165, 1.54) is 19.3 Å². The van der Waals surface area contributed by atoms with E-state index in [4.69, 9.17) is 0 Å². The van der Waals surface area contributed by atoms with Crippen LogP contribution in [0.4, 0.5) is 13.2 Å². The number of alkyl halides is 3. The van der Waals surface area contributed by atoms with Gasteiger partial charge in [0.15, 0.2) is 0 Å². The molecule has 0 spiro atoms. The molecule has 2 amide bonds. The van der Waals surface area contributed by atoms with Gasteiger partial charge in [-0.05, 0) is 49.9 Å². The molecule has 25 heavy (non-hydrogen) atoms. The number of fused-ring (bicyclic) bond motifs is 1. The third kappa shape index (κ3) is 3.80. The van der Waals surface area contributed by atoms with Gasteiger partial charge in [-0.25, -0.2) is 0 Å². The molecule has 3 aliphatic rings. The Balaban J connectivity index is 1.31. The average molecular weight is 360 g/mol. The number of rotatable bonds is 6. The third-order valence-corrected chi connectivity index (χ3v) is 6.58. The fourth-order valence-corrected chi connectivity index (χ4v) is 4.94. The van der Waals surface area contributed by atoms with Crippen LogP contribution in [0.15, 0.2) is 0 Å². The van der Waals surface area contributed by atoms with Crippen LogP contribution in [0.1, 0.15) is 57.8 Å². The molecular formula is C18H27F3N2O2. The molecule has 0 bridgehead atoms. The molecule has 0 aromatic carbocycles. The standard InChI is InChI=1S/C18H27F3N2O2/c19-18(20,21)17-7-6-14(17)13(9-17)10-22-16(25)11-23-15(24)8-12-4-2-1-3-5-12/h12-14H,1-11H2,(H,22,25)(H,23,24). The molecule has 3 rings (SSSR count). The van der Waals surface area contributed by atoms with E-state index in [1.807, 2.05) is 0 Å². The normalized spacial score (nSPS) is 32.1. The first kappa shape index (κ1) is 18.5. The van der Waals surface area contributed by atoms with E-state index < -0.39 is 11.6 Å². The topological polar surface area (TPSA) is 58.2 Å². The van der Waals surface area contributed by atoms with Crippen LogP contribution in [0.25, 0.3) is 0 Å². The van der Waals surface area contributed by atoms with Crippen molar-refractivity contribution >= 4 is 11.8 Å². The lowest BCUT2D eigenvalue weighted by Gasteiger charge is -2.63. The second kappa shape index (κ2) is 7.16. The molecule has 3 atom stereocenters. The van der Waals surface area contributed by atoms with Crippen LogP contribution in [0.2, 0.25) is 0 Å². The van der Waals surface area contributed by atoms with E-state index >= 15 is 0 Å². The summed E-state index contributed by atoms with van der Waals surface area (Å²) >= 11 is 0. The van der Waals surface area contributed by atoms with E-state index in [0.717, 1.165) is 12.8 Å². The molecule has 4 nitrogen and oxygen atoms in total. The molecule has 0 aliphatic heterocycles. The predicted octanol–water partition coefficient (Wildman–Crippen LogP) is 3.17. The minimum atomic E-state index is -4.12. The number of nitrogens with one attached hydrogen (secondary N) is 2. The zero-order valence-electron chi connectivity index (χ0n) is 14.5. The Morgan fingerprint density at radius 2 is 1.72 bits per heavy atom.